The predicted molar refractivity (Wildman–Crippen MR) is 162 cm³/mol. The minimum Gasteiger partial charge on any atom is -0.399 e. The Labute approximate surface area is 248 Å². The molecule has 0 bridgehead atoms. The third kappa shape index (κ3) is 7.10. The lowest BCUT2D eigenvalue weighted by molar-refractivity contribution is -0.144. The lowest BCUT2D eigenvalue weighted by Crippen LogP contribution is -2.59. The highest BCUT2D eigenvalue weighted by Gasteiger charge is 2.46. The molecule has 2 aromatic carbocycles. The third-order valence-corrected chi connectivity index (χ3v) is 8.31. The van der Waals surface area contributed by atoms with E-state index in [1.165, 1.54) is 10.5 Å². The Morgan fingerprint density at radius 3 is 2.36 bits per heavy atom. The summed E-state index contributed by atoms with van der Waals surface area (Å²) in [6.07, 6.45) is 2.98. The average Bonchev–Trinajstić information content (AvgIpc) is 3.38. The summed E-state index contributed by atoms with van der Waals surface area (Å²) in [4.78, 5) is 55.5. The zero-order valence-electron chi connectivity index (χ0n) is 25.2. The van der Waals surface area contributed by atoms with Gasteiger partial charge in [-0.1, -0.05) is 45.0 Å². The van der Waals surface area contributed by atoms with Gasteiger partial charge in [0.25, 0.3) is 5.91 Å². The van der Waals surface area contributed by atoms with Gasteiger partial charge in [0.05, 0.1) is 12.1 Å². The molecular formula is C32H44N6O4. The SMILES string of the molecule is CNC(C)C(=O)NC(C(=O)N1CC(NC(=O)c2ccc(N)cc2)CC1C(=O)NC1CCCc2ccccc21)C(C)(C)C. The number of hydrogen-bond donors (Lipinski definition) is 5. The molecular weight excluding hydrogens is 532 g/mol. The van der Waals surface area contributed by atoms with Crippen molar-refractivity contribution in [2.24, 2.45) is 5.41 Å². The van der Waals surface area contributed by atoms with Crippen molar-refractivity contribution in [3.05, 3.63) is 65.2 Å². The number of rotatable bonds is 8. The van der Waals surface area contributed by atoms with Gasteiger partial charge in [-0.25, -0.2) is 0 Å². The molecule has 10 nitrogen and oxygen atoms in total. The van der Waals surface area contributed by atoms with E-state index >= 15 is 0 Å². The van der Waals surface area contributed by atoms with Gasteiger partial charge < -0.3 is 31.9 Å². The molecule has 0 saturated carbocycles. The summed E-state index contributed by atoms with van der Waals surface area (Å²) < 4.78 is 0. The number of carbonyl (C=O) groups is 4. The van der Waals surface area contributed by atoms with Gasteiger partial charge in [0.15, 0.2) is 0 Å². The number of aryl methyl sites for hydroxylation is 1. The molecule has 0 spiro atoms. The van der Waals surface area contributed by atoms with E-state index in [2.05, 4.69) is 27.3 Å². The number of likely N-dealkylation sites (tertiary alicyclic amines) is 1. The Kier molecular flexibility index (Phi) is 9.56. The first-order chi connectivity index (χ1) is 19.9. The van der Waals surface area contributed by atoms with Gasteiger partial charge >= 0.3 is 0 Å². The summed E-state index contributed by atoms with van der Waals surface area (Å²) in [6, 6.07) is 11.9. The molecule has 5 unspecified atom stereocenters. The first-order valence-corrected chi connectivity index (χ1v) is 14.7. The zero-order valence-corrected chi connectivity index (χ0v) is 25.2. The molecule has 2 aliphatic rings. The average molecular weight is 577 g/mol. The number of nitrogens with two attached hydrogens (primary N) is 1. The summed E-state index contributed by atoms with van der Waals surface area (Å²) >= 11 is 0. The van der Waals surface area contributed by atoms with E-state index in [0.29, 0.717) is 11.3 Å². The molecule has 0 radical (unpaired) electrons. The molecule has 226 valence electrons. The molecule has 0 aromatic heterocycles. The largest absolute Gasteiger partial charge is 0.399 e. The number of anilines is 1. The second-order valence-corrected chi connectivity index (χ2v) is 12.5. The van der Waals surface area contributed by atoms with Crippen LogP contribution in [0.15, 0.2) is 48.5 Å². The minimum absolute atomic E-state index is 0.142. The molecule has 1 fully saturated rings. The van der Waals surface area contributed by atoms with Crippen LogP contribution in [0, 0.1) is 5.41 Å². The summed E-state index contributed by atoms with van der Waals surface area (Å²) in [5.41, 5.74) is 8.45. The molecule has 1 aliphatic heterocycles. The van der Waals surface area contributed by atoms with Crippen LogP contribution in [0.25, 0.3) is 0 Å². The number of nitrogens with zero attached hydrogens (tertiary/aromatic N) is 1. The van der Waals surface area contributed by atoms with Gasteiger partial charge in [0.2, 0.25) is 17.7 Å². The fourth-order valence-electron chi connectivity index (χ4n) is 5.72. The Bertz CT molecular complexity index is 1300. The molecule has 42 heavy (non-hydrogen) atoms. The van der Waals surface area contributed by atoms with E-state index in [0.717, 1.165) is 24.8 Å². The Morgan fingerprint density at radius 1 is 1.00 bits per heavy atom. The molecule has 2 aromatic rings. The first kappa shape index (κ1) is 31.0. The van der Waals surface area contributed by atoms with Gasteiger partial charge in [-0.05, 0) is 80.5 Å². The van der Waals surface area contributed by atoms with Gasteiger partial charge in [-0.3, -0.25) is 19.2 Å². The zero-order chi connectivity index (χ0) is 30.6. The van der Waals surface area contributed by atoms with Crippen LogP contribution in [-0.2, 0) is 20.8 Å². The van der Waals surface area contributed by atoms with Crippen molar-refractivity contribution in [1.29, 1.82) is 0 Å². The van der Waals surface area contributed by atoms with Crippen molar-refractivity contribution in [2.75, 3.05) is 19.3 Å². The van der Waals surface area contributed by atoms with Crippen LogP contribution >= 0.6 is 0 Å². The summed E-state index contributed by atoms with van der Waals surface area (Å²) in [6.45, 7) is 7.50. The van der Waals surface area contributed by atoms with Gasteiger partial charge in [-0.2, -0.15) is 0 Å². The van der Waals surface area contributed by atoms with Crippen molar-refractivity contribution in [1.82, 2.24) is 26.2 Å². The fraction of sp³-hybridized carbons (Fsp3) is 0.500. The number of likely N-dealkylation sites (N-methyl/N-ethyl adjacent to an activating group) is 1. The van der Waals surface area contributed by atoms with E-state index in [-0.39, 0.29) is 42.6 Å². The van der Waals surface area contributed by atoms with Gasteiger partial charge in [0.1, 0.15) is 12.1 Å². The molecule has 5 atom stereocenters. The third-order valence-electron chi connectivity index (χ3n) is 8.31. The summed E-state index contributed by atoms with van der Waals surface area (Å²) in [5, 5.41) is 12.0. The van der Waals surface area contributed by atoms with Crippen molar-refractivity contribution < 1.29 is 19.2 Å². The van der Waals surface area contributed by atoms with E-state index in [1.54, 1.807) is 38.2 Å². The van der Waals surface area contributed by atoms with Crippen LogP contribution < -0.4 is 27.0 Å². The molecule has 1 saturated heterocycles. The van der Waals surface area contributed by atoms with Crippen molar-refractivity contribution in [3.8, 4) is 0 Å². The Hall–Kier alpha value is -3.92. The van der Waals surface area contributed by atoms with Crippen molar-refractivity contribution in [3.63, 3.8) is 0 Å². The normalized spacial score (nSPS) is 21.5. The number of nitrogens with one attached hydrogen (secondary N) is 4. The number of fused-ring (bicyclic) bond motifs is 1. The monoisotopic (exact) mass is 576 g/mol. The van der Waals surface area contributed by atoms with Crippen molar-refractivity contribution in [2.45, 2.75) is 83.6 Å². The predicted octanol–water partition coefficient (Wildman–Crippen LogP) is 2.30. The maximum atomic E-state index is 14.2. The standard InChI is InChI=1S/C32H44N6O4/c1-19(34-5)28(39)37-27(32(2,3)4)31(42)38-18-23(35-29(40)21-13-15-22(33)16-14-21)17-26(38)30(41)36-25-12-8-10-20-9-6-7-11-24(20)25/h6-7,9,11,13-16,19,23,25-27,34H,8,10,12,17-18,33H2,1-5H3,(H,35,40)(H,36,41)(H,37,39). The second-order valence-electron chi connectivity index (χ2n) is 12.5. The lowest BCUT2D eigenvalue weighted by Gasteiger charge is -2.36. The molecule has 4 amide bonds. The lowest BCUT2D eigenvalue weighted by atomic mass is 9.85. The summed E-state index contributed by atoms with van der Waals surface area (Å²) in [7, 11) is 1.68. The highest BCUT2D eigenvalue weighted by atomic mass is 16.2. The molecule has 10 heteroatoms. The quantitative estimate of drug-likeness (QED) is 0.305. The van der Waals surface area contributed by atoms with Crippen LogP contribution in [0.4, 0.5) is 5.69 Å². The minimum atomic E-state index is -0.877. The highest BCUT2D eigenvalue weighted by Crippen LogP contribution is 2.31. The van der Waals surface area contributed by atoms with Crippen LogP contribution in [0.5, 0.6) is 0 Å². The van der Waals surface area contributed by atoms with E-state index in [9.17, 15) is 19.2 Å². The van der Waals surface area contributed by atoms with Gasteiger partial charge in [-0.15, -0.1) is 0 Å². The number of carbonyl (C=O) groups excluding carboxylic acids is 4. The number of benzene rings is 2. The molecule has 4 rings (SSSR count). The van der Waals surface area contributed by atoms with Crippen molar-refractivity contribution >= 4 is 29.3 Å². The first-order valence-electron chi connectivity index (χ1n) is 14.7. The number of hydrogen-bond acceptors (Lipinski definition) is 6. The maximum absolute atomic E-state index is 14.2. The summed E-state index contributed by atoms with van der Waals surface area (Å²) in [5.74, 6) is -1.24. The van der Waals surface area contributed by atoms with Crippen LogP contribution in [-0.4, -0.2) is 66.3 Å². The number of nitrogen functional groups attached to an aromatic ring is 1. The molecule has 1 aliphatic carbocycles. The van der Waals surface area contributed by atoms with E-state index < -0.39 is 29.6 Å². The van der Waals surface area contributed by atoms with Crippen LogP contribution in [0.1, 0.15) is 74.5 Å². The Morgan fingerprint density at radius 2 is 1.69 bits per heavy atom. The van der Waals surface area contributed by atoms with E-state index in [1.807, 2.05) is 39.0 Å². The highest BCUT2D eigenvalue weighted by molar-refractivity contribution is 5.96. The van der Waals surface area contributed by atoms with Crippen LogP contribution in [0.3, 0.4) is 0 Å². The smallest absolute Gasteiger partial charge is 0.251 e. The molecule has 6 N–H and O–H groups in total. The fourth-order valence-corrected chi connectivity index (χ4v) is 5.72. The maximum Gasteiger partial charge on any atom is 0.251 e. The van der Waals surface area contributed by atoms with Crippen LogP contribution in [0.2, 0.25) is 0 Å². The molecule has 1 heterocycles. The second kappa shape index (κ2) is 12.9. The topological polar surface area (TPSA) is 146 Å². The Balaban J connectivity index is 1.59. The van der Waals surface area contributed by atoms with Gasteiger partial charge in [0, 0.05) is 23.8 Å². The van der Waals surface area contributed by atoms with E-state index in [4.69, 9.17) is 5.73 Å². The number of amides is 4.